The van der Waals surface area contributed by atoms with Crippen molar-refractivity contribution < 1.29 is 18.8 Å². The lowest BCUT2D eigenvalue weighted by Crippen LogP contribution is -2.28. The molecule has 4 rings (SSSR count). The second-order valence-corrected chi connectivity index (χ2v) is 8.66. The number of rotatable bonds is 6. The minimum atomic E-state index is -0.570. The van der Waals surface area contributed by atoms with Crippen molar-refractivity contribution in [2.75, 3.05) is 25.6 Å². The maximum absolute atomic E-state index is 13.9. The van der Waals surface area contributed by atoms with Gasteiger partial charge in [-0.2, -0.15) is 0 Å². The molecule has 0 aliphatic carbocycles. The van der Waals surface area contributed by atoms with Crippen LogP contribution in [0, 0.1) is 12.7 Å². The topological polar surface area (TPSA) is 94.5 Å². The lowest BCUT2D eigenvalue weighted by Gasteiger charge is -2.25. The van der Waals surface area contributed by atoms with Gasteiger partial charge in [-0.3, -0.25) is 19.0 Å². The third-order valence-electron chi connectivity index (χ3n) is 6.23. The summed E-state index contributed by atoms with van der Waals surface area (Å²) in [4.78, 5) is 35.4. The molecule has 0 spiro atoms. The van der Waals surface area contributed by atoms with Gasteiger partial charge in [0.05, 0.1) is 29.6 Å². The Hall–Kier alpha value is -3.30. The van der Waals surface area contributed by atoms with Crippen molar-refractivity contribution >= 4 is 22.5 Å². The number of carbonyl (C=O) groups excluding carboxylic acids is 1. The van der Waals surface area contributed by atoms with Crippen LogP contribution in [0.15, 0.2) is 35.1 Å². The van der Waals surface area contributed by atoms with Crippen LogP contribution in [0.25, 0.3) is 10.9 Å². The summed E-state index contributed by atoms with van der Waals surface area (Å²) >= 11 is 0. The monoisotopic (exact) mass is 468 g/mol. The molecule has 0 radical (unpaired) electrons. The fourth-order valence-electron chi connectivity index (χ4n) is 4.51. The smallest absolute Gasteiger partial charge is 0.277 e. The van der Waals surface area contributed by atoms with Gasteiger partial charge in [0.1, 0.15) is 11.6 Å². The minimum Gasteiger partial charge on any atom is -0.381 e. The number of anilines is 1. The quantitative estimate of drug-likeness (QED) is 0.536. The van der Waals surface area contributed by atoms with Crippen molar-refractivity contribution in [1.82, 2.24) is 15.0 Å². The molecule has 180 valence electrons. The van der Waals surface area contributed by atoms with E-state index in [1.54, 1.807) is 11.6 Å². The standard InChI is InChI=1S/C25H29FN4O4/c1-14-11-18(15(2)27-21-6-5-17(26)13-19(21)24(31)29-33-4)22-20(12-14)25(32)30(3)23(28-22)16-7-9-34-10-8-16/h5-6,11-13,15-16,27H,7-10H2,1-4H3,(H,29,31)/t15-/m0/s1. The van der Waals surface area contributed by atoms with Crippen LogP contribution in [-0.2, 0) is 16.6 Å². The molecule has 0 saturated carbocycles. The molecule has 2 aromatic carbocycles. The zero-order chi connectivity index (χ0) is 24.4. The largest absolute Gasteiger partial charge is 0.381 e. The molecule has 1 saturated heterocycles. The Labute approximate surface area is 197 Å². The van der Waals surface area contributed by atoms with Gasteiger partial charge in [0, 0.05) is 37.4 Å². The average Bonchev–Trinajstić information content (AvgIpc) is 2.83. The van der Waals surface area contributed by atoms with Gasteiger partial charge in [0.15, 0.2) is 0 Å². The van der Waals surface area contributed by atoms with Gasteiger partial charge in [-0.1, -0.05) is 6.07 Å². The second-order valence-electron chi connectivity index (χ2n) is 8.66. The Morgan fingerprint density at radius 3 is 2.71 bits per heavy atom. The molecule has 0 unspecified atom stereocenters. The van der Waals surface area contributed by atoms with E-state index in [0.717, 1.165) is 35.9 Å². The number of amides is 1. The highest BCUT2D eigenvalue weighted by atomic mass is 19.1. The number of carbonyl (C=O) groups is 1. The highest BCUT2D eigenvalue weighted by Crippen LogP contribution is 2.31. The second kappa shape index (κ2) is 9.90. The van der Waals surface area contributed by atoms with Gasteiger partial charge in [-0.05, 0) is 56.5 Å². The molecule has 1 amide bonds. The number of aryl methyl sites for hydroxylation is 1. The molecule has 8 nitrogen and oxygen atoms in total. The van der Waals surface area contributed by atoms with Crippen LogP contribution in [0.1, 0.15) is 59.0 Å². The fraction of sp³-hybridized carbons (Fsp3) is 0.400. The zero-order valence-corrected chi connectivity index (χ0v) is 19.8. The maximum Gasteiger partial charge on any atom is 0.277 e. The van der Waals surface area contributed by atoms with E-state index in [1.165, 1.54) is 19.2 Å². The first-order valence-corrected chi connectivity index (χ1v) is 11.3. The van der Waals surface area contributed by atoms with E-state index >= 15 is 0 Å². The van der Waals surface area contributed by atoms with E-state index in [4.69, 9.17) is 14.6 Å². The van der Waals surface area contributed by atoms with Gasteiger partial charge < -0.3 is 10.1 Å². The first-order valence-electron chi connectivity index (χ1n) is 11.3. The van der Waals surface area contributed by atoms with Crippen molar-refractivity contribution in [2.45, 2.75) is 38.6 Å². The molecule has 1 aliphatic heterocycles. The summed E-state index contributed by atoms with van der Waals surface area (Å²) in [5.41, 5.74) is 5.05. The molecule has 3 aromatic rings. The van der Waals surface area contributed by atoms with Crippen LogP contribution in [0.2, 0.25) is 0 Å². The van der Waals surface area contributed by atoms with E-state index in [9.17, 15) is 14.0 Å². The van der Waals surface area contributed by atoms with E-state index in [2.05, 4.69) is 10.8 Å². The fourth-order valence-corrected chi connectivity index (χ4v) is 4.51. The third kappa shape index (κ3) is 4.67. The SMILES string of the molecule is CONC(=O)c1cc(F)ccc1N[C@@H](C)c1cc(C)cc2c(=O)n(C)c(C3CCOCC3)nc12. The first kappa shape index (κ1) is 23.8. The molecule has 1 fully saturated rings. The molecular weight excluding hydrogens is 439 g/mol. The molecule has 2 heterocycles. The van der Waals surface area contributed by atoms with E-state index in [-0.39, 0.29) is 23.1 Å². The van der Waals surface area contributed by atoms with Crippen LogP contribution >= 0.6 is 0 Å². The Kier molecular flexibility index (Phi) is 6.95. The highest BCUT2D eigenvalue weighted by Gasteiger charge is 2.24. The Balaban J connectivity index is 1.79. The molecule has 2 N–H and O–H groups in total. The Morgan fingerprint density at radius 1 is 1.26 bits per heavy atom. The highest BCUT2D eigenvalue weighted by molar-refractivity contribution is 5.99. The van der Waals surface area contributed by atoms with Gasteiger partial charge in [-0.25, -0.2) is 14.9 Å². The van der Waals surface area contributed by atoms with Crippen molar-refractivity contribution in [2.24, 2.45) is 7.05 Å². The van der Waals surface area contributed by atoms with E-state index < -0.39 is 11.7 Å². The van der Waals surface area contributed by atoms with Crippen LogP contribution in [0.3, 0.4) is 0 Å². The van der Waals surface area contributed by atoms with Crippen molar-refractivity contribution in [3.8, 4) is 0 Å². The number of nitrogens with zero attached hydrogens (tertiary/aromatic N) is 2. The maximum atomic E-state index is 13.9. The summed E-state index contributed by atoms with van der Waals surface area (Å²) in [7, 11) is 3.08. The van der Waals surface area contributed by atoms with Crippen LogP contribution in [-0.4, -0.2) is 35.8 Å². The predicted molar refractivity (Wildman–Crippen MR) is 127 cm³/mol. The number of ether oxygens (including phenoxy) is 1. The van der Waals surface area contributed by atoms with E-state index in [0.29, 0.717) is 29.8 Å². The lowest BCUT2D eigenvalue weighted by molar-refractivity contribution is 0.0538. The number of benzene rings is 2. The number of hydrogen-bond donors (Lipinski definition) is 2. The Morgan fingerprint density at radius 2 is 2.00 bits per heavy atom. The van der Waals surface area contributed by atoms with Crippen molar-refractivity contribution in [3.05, 3.63) is 69.0 Å². The lowest BCUT2D eigenvalue weighted by atomic mass is 9.97. The number of aromatic nitrogens is 2. The minimum absolute atomic E-state index is 0.0921. The van der Waals surface area contributed by atoms with Gasteiger partial charge >= 0.3 is 0 Å². The average molecular weight is 469 g/mol. The van der Waals surface area contributed by atoms with Crippen LogP contribution in [0.4, 0.5) is 10.1 Å². The van der Waals surface area contributed by atoms with Crippen molar-refractivity contribution in [1.29, 1.82) is 0 Å². The van der Waals surface area contributed by atoms with Gasteiger partial charge in [0.25, 0.3) is 11.5 Å². The zero-order valence-electron chi connectivity index (χ0n) is 19.8. The number of hydrogen-bond acceptors (Lipinski definition) is 6. The summed E-state index contributed by atoms with van der Waals surface area (Å²) in [6.45, 7) is 5.14. The van der Waals surface area contributed by atoms with E-state index in [1.807, 2.05) is 26.0 Å². The summed E-state index contributed by atoms with van der Waals surface area (Å²) < 4.78 is 21.0. The number of nitrogens with one attached hydrogen (secondary N) is 2. The van der Waals surface area contributed by atoms with Crippen LogP contribution < -0.4 is 16.4 Å². The molecular formula is C25H29FN4O4. The molecule has 9 heteroatoms. The molecule has 34 heavy (non-hydrogen) atoms. The molecule has 1 aromatic heterocycles. The molecule has 1 atom stereocenters. The predicted octanol–water partition coefficient (Wildman–Crippen LogP) is 3.74. The van der Waals surface area contributed by atoms with Gasteiger partial charge in [-0.15, -0.1) is 0 Å². The molecule has 1 aliphatic rings. The number of fused-ring (bicyclic) bond motifs is 1. The molecule has 0 bridgehead atoms. The Bertz CT molecular complexity index is 1280. The summed E-state index contributed by atoms with van der Waals surface area (Å²) in [6, 6.07) is 7.44. The normalized spacial score (nSPS) is 15.3. The first-order chi connectivity index (χ1) is 16.3. The number of halogens is 1. The third-order valence-corrected chi connectivity index (χ3v) is 6.23. The summed E-state index contributed by atoms with van der Waals surface area (Å²) in [5.74, 6) is -0.207. The number of hydroxylamine groups is 1. The summed E-state index contributed by atoms with van der Waals surface area (Å²) in [5, 5.41) is 3.83. The summed E-state index contributed by atoms with van der Waals surface area (Å²) in [6.07, 6.45) is 1.63. The van der Waals surface area contributed by atoms with Gasteiger partial charge in [0.2, 0.25) is 0 Å². The van der Waals surface area contributed by atoms with Crippen LogP contribution in [0.5, 0.6) is 0 Å². The van der Waals surface area contributed by atoms with Crippen molar-refractivity contribution in [3.63, 3.8) is 0 Å².